The van der Waals surface area contributed by atoms with Gasteiger partial charge in [-0.05, 0) is 44.0 Å². The Bertz CT molecular complexity index is 519. The van der Waals surface area contributed by atoms with E-state index < -0.39 is 5.54 Å². The van der Waals surface area contributed by atoms with Crippen molar-refractivity contribution in [2.75, 3.05) is 6.61 Å². The lowest BCUT2D eigenvalue weighted by molar-refractivity contribution is 0.0922. The standard InChI is InChI=1S/C15H21N3O3/c1-2-21-12-7-5-11(6-8-12)13(19)17-15(14(16)18-20)9-3-4-10-15/h5-8,20H,2-4,9-10H2,1H3,(H2,16,18)(H,17,19). The van der Waals surface area contributed by atoms with Crippen LogP contribution in [0.15, 0.2) is 29.4 Å². The lowest BCUT2D eigenvalue weighted by Crippen LogP contribution is -2.55. The Morgan fingerprint density at radius 1 is 1.38 bits per heavy atom. The van der Waals surface area contributed by atoms with Crippen LogP contribution in [0.4, 0.5) is 0 Å². The fraction of sp³-hybridized carbons (Fsp3) is 0.467. The number of carbonyl (C=O) groups excluding carboxylic acids is 1. The topological polar surface area (TPSA) is 96.9 Å². The van der Waals surface area contributed by atoms with Crippen molar-refractivity contribution in [1.82, 2.24) is 5.32 Å². The first kappa shape index (κ1) is 15.2. The van der Waals surface area contributed by atoms with E-state index in [9.17, 15) is 4.79 Å². The van der Waals surface area contributed by atoms with E-state index in [4.69, 9.17) is 15.7 Å². The molecule has 1 amide bonds. The molecule has 0 heterocycles. The second kappa shape index (κ2) is 6.47. The third kappa shape index (κ3) is 3.26. The SMILES string of the molecule is CCOc1ccc(C(=O)NC2(/C(N)=N/O)CCCC2)cc1. The van der Waals surface area contributed by atoms with Gasteiger partial charge in [0.2, 0.25) is 0 Å². The largest absolute Gasteiger partial charge is 0.494 e. The summed E-state index contributed by atoms with van der Waals surface area (Å²) in [5.41, 5.74) is 5.56. The molecular formula is C15H21N3O3. The molecule has 0 bridgehead atoms. The van der Waals surface area contributed by atoms with Crippen LogP contribution in [-0.4, -0.2) is 29.1 Å². The summed E-state index contributed by atoms with van der Waals surface area (Å²) in [4.78, 5) is 12.4. The number of oxime groups is 1. The fourth-order valence-electron chi connectivity index (χ4n) is 2.68. The Balaban J connectivity index is 2.12. The molecule has 6 heteroatoms. The summed E-state index contributed by atoms with van der Waals surface area (Å²) in [7, 11) is 0. The average molecular weight is 291 g/mol. The van der Waals surface area contributed by atoms with Gasteiger partial charge in [-0.1, -0.05) is 18.0 Å². The molecule has 0 atom stereocenters. The first-order valence-corrected chi connectivity index (χ1v) is 7.14. The van der Waals surface area contributed by atoms with Crippen molar-refractivity contribution in [3.63, 3.8) is 0 Å². The van der Waals surface area contributed by atoms with Gasteiger partial charge in [0, 0.05) is 5.56 Å². The third-order valence-corrected chi connectivity index (χ3v) is 3.84. The monoisotopic (exact) mass is 291 g/mol. The van der Waals surface area contributed by atoms with E-state index in [0.29, 0.717) is 25.0 Å². The molecule has 6 nitrogen and oxygen atoms in total. The molecule has 0 spiro atoms. The van der Waals surface area contributed by atoms with Crippen LogP contribution in [-0.2, 0) is 0 Å². The summed E-state index contributed by atoms with van der Waals surface area (Å²) in [5.74, 6) is 0.562. The lowest BCUT2D eigenvalue weighted by Gasteiger charge is -2.28. The molecule has 1 aliphatic rings. The zero-order valence-corrected chi connectivity index (χ0v) is 12.1. The Hall–Kier alpha value is -2.24. The predicted molar refractivity (Wildman–Crippen MR) is 79.7 cm³/mol. The highest BCUT2D eigenvalue weighted by molar-refractivity contribution is 6.00. The van der Waals surface area contributed by atoms with E-state index in [1.807, 2.05) is 6.92 Å². The highest BCUT2D eigenvalue weighted by Crippen LogP contribution is 2.30. The van der Waals surface area contributed by atoms with Crippen LogP contribution in [0.2, 0.25) is 0 Å². The molecular weight excluding hydrogens is 270 g/mol. The number of carbonyl (C=O) groups is 1. The maximum Gasteiger partial charge on any atom is 0.252 e. The third-order valence-electron chi connectivity index (χ3n) is 3.84. The van der Waals surface area contributed by atoms with Gasteiger partial charge in [0.1, 0.15) is 11.3 Å². The molecule has 1 aromatic carbocycles. The molecule has 0 unspecified atom stereocenters. The summed E-state index contributed by atoms with van der Waals surface area (Å²) in [6, 6.07) is 6.91. The van der Waals surface area contributed by atoms with Crippen molar-refractivity contribution >= 4 is 11.7 Å². The number of nitrogens with zero attached hydrogens (tertiary/aromatic N) is 1. The smallest absolute Gasteiger partial charge is 0.252 e. The summed E-state index contributed by atoms with van der Waals surface area (Å²) in [5, 5.41) is 14.9. The van der Waals surface area contributed by atoms with Crippen LogP contribution < -0.4 is 15.8 Å². The number of hydrogen-bond donors (Lipinski definition) is 3. The van der Waals surface area contributed by atoms with E-state index in [-0.39, 0.29) is 11.7 Å². The van der Waals surface area contributed by atoms with Crippen LogP contribution in [0.25, 0.3) is 0 Å². The molecule has 0 saturated heterocycles. The fourth-order valence-corrected chi connectivity index (χ4v) is 2.68. The summed E-state index contributed by atoms with van der Waals surface area (Å²) >= 11 is 0. The number of rotatable bonds is 5. The number of amidine groups is 1. The predicted octanol–water partition coefficient (Wildman–Crippen LogP) is 1.87. The first-order chi connectivity index (χ1) is 10.1. The van der Waals surface area contributed by atoms with E-state index >= 15 is 0 Å². The van der Waals surface area contributed by atoms with Gasteiger partial charge in [-0.15, -0.1) is 0 Å². The van der Waals surface area contributed by atoms with Crippen molar-refractivity contribution in [3.05, 3.63) is 29.8 Å². The van der Waals surface area contributed by atoms with Gasteiger partial charge in [-0.3, -0.25) is 4.79 Å². The number of nitrogens with one attached hydrogen (secondary N) is 1. The summed E-state index contributed by atoms with van der Waals surface area (Å²) < 4.78 is 5.35. The second-order valence-electron chi connectivity index (χ2n) is 5.19. The van der Waals surface area contributed by atoms with Gasteiger partial charge in [-0.25, -0.2) is 0 Å². The molecule has 1 fully saturated rings. The Morgan fingerprint density at radius 3 is 2.52 bits per heavy atom. The highest BCUT2D eigenvalue weighted by atomic mass is 16.5. The van der Waals surface area contributed by atoms with Crippen LogP contribution in [0.1, 0.15) is 43.0 Å². The Kier molecular flexibility index (Phi) is 4.67. The van der Waals surface area contributed by atoms with Crippen molar-refractivity contribution in [2.24, 2.45) is 10.9 Å². The number of nitrogens with two attached hydrogens (primary N) is 1. The highest BCUT2D eigenvalue weighted by Gasteiger charge is 2.39. The van der Waals surface area contributed by atoms with Gasteiger partial charge < -0.3 is 21.0 Å². The zero-order valence-electron chi connectivity index (χ0n) is 12.1. The number of amides is 1. The molecule has 21 heavy (non-hydrogen) atoms. The van der Waals surface area contributed by atoms with E-state index in [1.54, 1.807) is 24.3 Å². The van der Waals surface area contributed by atoms with Crippen molar-refractivity contribution < 1.29 is 14.7 Å². The molecule has 1 saturated carbocycles. The quantitative estimate of drug-likeness (QED) is 0.334. The van der Waals surface area contributed by atoms with Gasteiger partial charge in [0.05, 0.1) is 6.61 Å². The van der Waals surface area contributed by atoms with E-state index in [1.165, 1.54) is 0 Å². The molecule has 1 aromatic rings. The van der Waals surface area contributed by atoms with Gasteiger partial charge in [-0.2, -0.15) is 0 Å². The normalized spacial score (nSPS) is 17.5. The molecule has 0 aromatic heterocycles. The van der Waals surface area contributed by atoms with E-state index in [2.05, 4.69) is 10.5 Å². The molecule has 1 aliphatic carbocycles. The summed E-state index contributed by atoms with van der Waals surface area (Å²) in [6.45, 7) is 2.49. The maximum atomic E-state index is 12.4. The van der Waals surface area contributed by atoms with Crippen molar-refractivity contribution in [2.45, 2.75) is 38.1 Å². The van der Waals surface area contributed by atoms with Gasteiger partial charge in [0.25, 0.3) is 5.91 Å². The van der Waals surface area contributed by atoms with E-state index in [0.717, 1.165) is 18.6 Å². The second-order valence-corrected chi connectivity index (χ2v) is 5.19. The molecule has 2 rings (SSSR count). The molecule has 0 aliphatic heterocycles. The minimum Gasteiger partial charge on any atom is -0.494 e. The number of hydrogen-bond acceptors (Lipinski definition) is 4. The lowest BCUT2D eigenvalue weighted by atomic mass is 9.95. The minimum atomic E-state index is -0.732. The van der Waals surface area contributed by atoms with Crippen molar-refractivity contribution in [3.8, 4) is 5.75 Å². The van der Waals surface area contributed by atoms with Crippen LogP contribution >= 0.6 is 0 Å². The zero-order chi connectivity index (χ0) is 15.3. The first-order valence-electron chi connectivity index (χ1n) is 7.14. The van der Waals surface area contributed by atoms with Crippen LogP contribution in [0, 0.1) is 0 Å². The average Bonchev–Trinajstić information content (AvgIpc) is 2.97. The maximum absolute atomic E-state index is 12.4. The summed E-state index contributed by atoms with van der Waals surface area (Å²) in [6.07, 6.45) is 3.26. The molecule has 4 N–H and O–H groups in total. The molecule has 0 radical (unpaired) electrons. The van der Waals surface area contributed by atoms with Crippen LogP contribution in [0.3, 0.4) is 0 Å². The minimum absolute atomic E-state index is 0.0688. The van der Waals surface area contributed by atoms with Crippen LogP contribution in [0.5, 0.6) is 5.75 Å². The van der Waals surface area contributed by atoms with Crippen molar-refractivity contribution in [1.29, 1.82) is 0 Å². The Labute approximate surface area is 124 Å². The number of ether oxygens (including phenoxy) is 1. The van der Waals surface area contributed by atoms with Gasteiger partial charge >= 0.3 is 0 Å². The molecule has 114 valence electrons. The Morgan fingerprint density at radius 2 is 2.00 bits per heavy atom. The van der Waals surface area contributed by atoms with Gasteiger partial charge in [0.15, 0.2) is 5.84 Å². The number of benzene rings is 1.